The molecule has 3 rings (SSSR count). The summed E-state index contributed by atoms with van der Waals surface area (Å²) in [6, 6.07) is 5.35. The van der Waals surface area contributed by atoms with Crippen LogP contribution < -0.4 is 5.32 Å². The molecule has 7 nitrogen and oxygen atoms in total. The van der Waals surface area contributed by atoms with Gasteiger partial charge in [-0.1, -0.05) is 23.4 Å². The highest BCUT2D eigenvalue weighted by molar-refractivity contribution is 7.99. The quantitative estimate of drug-likeness (QED) is 0.790. The van der Waals surface area contributed by atoms with Gasteiger partial charge in [0.25, 0.3) is 0 Å². The summed E-state index contributed by atoms with van der Waals surface area (Å²) >= 11 is 7.22. The summed E-state index contributed by atoms with van der Waals surface area (Å²) < 4.78 is 7.29. The lowest BCUT2D eigenvalue weighted by Crippen LogP contribution is -2.18. The molecule has 128 valence electrons. The lowest BCUT2D eigenvalue weighted by Gasteiger charge is -2.10. The van der Waals surface area contributed by atoms with Crippen LogP contribution in [0.3, 0.4) is 0 Å². The van der Waals surface area contributed by atoms with Crippen molar-refractivity contribution in [3.63, 3.8) is 0 Å². The third-order valence-electron chi connectivity index (χ3n) is 3.69. The third kappa shape index (κ3) is 4.46. The molecule has 0 aliphatic carbocycles. The van der Waals surface area contributed by atoms with Crippen molar-refractivity contribution in [2.45, 2.75) is 37.6 Å². The fourth-order valence-electron chi connectivity index (χ4n) is 2.48. The first kappa shape index (κ1) is 17.2. The van der Waals surface area contributed by atoms with Crippen LogP contribution in [-0.2, 0) is 16.1 Å². The molecule has 9 heteroatoms. The Bertz CT molecular complexity index is 718. The Labute approximate surface area is 149 Å². The van der Waals surface area contributed by atoms with Gasteiger partial charge in [-0.05, 0) is 54.0 Å². The number of carbonyl (C=O) groups is 1. The van der Waals surface area contributed by atoms with Crippen molar-refractivity contribution >= 4 is 35.0 Å². The van der Waals surface area contributed by atoms with Gasteiger partial charge in [0.05, 0.1) is 18.4 Å². The summed E-state index contributed by atoms with van der Waals surface area (Å²) in [5, 5.41) is 15.8. The number of aryl methyl sites for hydroxylation is 1. The molecule has 1 aliphatic rings. The molecule has 1 unspecified atom stereocenters. The van der Waals surface area contributed by atoms with E-state index >= 15 is 0 Å². The Morgan fingerprint density at radius 3 is 3.17 bits per heavy atom. The van der Waals surface area contributed by atoms with Gasteiger partial charge < -0.3 is 10.1 Å². The van der Waals surface area contributed by atoms with Crippen molar-refractivity contribution in [2.24, 2.45) is 0 Å². The molecule has 2 heterocycles. The molecule has 2 aromatic rings. The minimum Gasteiger partial charge on any atom is -0.376 e. The van der Waals surface area contributed by atoms with Crippen molar-refractivity contribution in [1.82, 2.24) is 20.2 Å². The zero-order chi connectivity index (χ0) is 16.9. The van der Waals surface area contributed by atoms with E-state index in [1.54, 1.807) is 16.8 Å². The van der Waals surface area contributed by atoms with Crippen LogP contribution in [-0.4, -0.2) is 44.6 Å². The van der Waals surface area contributed by atoms with Crippen molar-refractivity contribution < 1.29 is 9.53 Å². The number of benzene rings is 1. The molecule has 1 saturated heterocycles. The minimum absolute atomic E-state index is 0.114. The average molecular weight is 368 g/mol. The number of nitrogens with one attached hydrogen (secondary N) is 1. The highest BCUT2D eigenvalue weighted by Crippen LogP contribution is 2.21. The molecule has 1 atom stereocenters. The van der Waals surface area contributed by atoms with Gasteiger partial charge in [0.2, 0.25) is 11.1 Å². The average Bonchev–Trinajstić information content (AvgIpc) is 3.20. The maximum atomic E-state index is 12.1. The van der Waals surface area contributed by atoms with Gasteiger partial charge in [0, 0.05) is 17.3 Å². The first-order valence-corrected chi connectivity index (χ1v) is 9.05. The molecule has 0 radical (unpaired) electrons. The molecule has 1 aromatic carbocycles. The van der Waals surface area contributed by atoms with Crippen LogP contribution >= 0.6 is 23.4 Å². The fraction of sp³-hybridized carbons (Fsp3) is 0.467. The molecule has 0 saturated carbocycles. The summed E-state index contributed by atoms with van der Waals surface area (Å²) in [5.41, 5.74) is 1.67. The summed E-state index contributed by atoms with van der Waals surface area (Å²) in [6.45, 7) is 3.31. The van der Waals surface area contributed by atoms with E-state index in [2.05, 4.69) is 20.8 Å². The summed E-state index contributed by atoms with van der Waals surface area (Å²) in [7, 11) is 0. The van der Waals surface area contributed by atoms with Crippen molar-refractivity contribution in [3.05, 3.63) is 28.8 Å². The second kappa shape index (κ2) is 7.96. The number of amides is 1. The first-order chi connectivity index (χ1) is 11.6. The molecule has 1 aromatic heterocycles. The van der Waals surface area contributed by atoms with E-state index in [0.29, 0.717) is 16.7 Å². The van der Waals surface area contributed by atoms with Gasteiger partial charge in [0.1, 0.15) is 0 Å². The molecule has 1 amide bonds. The van der Waals surface area contributed by atoms with Crippen molar-refractivity contribution in [3.8, 4) is 0 Å². The van der Waals surface area contributed by atoms with Crippen molar-refractivity contribution in [2.75, 3.05) is 17.7 Å². The summed E-state index contributed by atoms with van der Waals surface area (Å²) in [6.07, 6.45) is 2.23. The number of aromatic nitrogens is 4. The highest BCUT2D eigenvalue weighted by Gasteiger charge is 2.19. The highest BCUT2D eigenvalue weighted by atomic mass is 35.5. The second-order valence-corrected chi connectivity index (χ2v) is 6.95. The number of carbonyl (C=O) groups excluding carboxylic acids is 1. The van der Waals surface area contributed by atoms with E-state index in [1.807, 2.05) is 13.0 Å². The smallest absolute Gasteiger partial charge is 0.234 e. The zero-order valence-corrected chi connectivity index (χ0v) is 14.8. The molecular formula is C15H18ClN5O2S. The molecule has 1 N–H and O–H groups in total. The number of ether oxygens (including phenoxy) is 1. The third-order valence-corrected chi connectivity index (χ3v) is 4.89. The largest absolute Gasteiger partial charge is 0.376 e. The van der Waals surface area contributed by atoms with Gasteiger partial charge in [0.15, 0.2) is 0 Å². The van der Waals surface area contributed by atoms with Gasteiger partial charge in [-0.3, -0.25) is 4.79 Å². The number of rotatable bonds is 6. The number of thioether (sulfide) groups is 1. The maximum absolute atomic E-state index is 12.1. The van der Waals surface area contributed by atoms with Crippen LogP contribution in [0.25, 0.3) is 0 Å². The monoisotopic (exact) mass is 367 g/mol. The minimum atomic E-state index is -0.114. The Hall–Kier alpha value is -1.64. The van der Waals surface area contributed by atoms with Crippen LogP contribution in [0.1, 0.15) is 18.4 Å². The molecular weight excluding hydrogens is 350 g/mol. The number of halogens is 1. The van der Waals surface area contributed by atoms with Crippen LogP contribution in [0.4, 0.5) is 5.69 Å². The van der Waals surface area contributed by atoms with Crippen molar-refractivity contribution in [1.29, 1.82) is 0 Å². The van der Waals surface area contributed by atoms with Gasteiger partial charge in [-0.2, -0.15) is 0 Å². The predicted octanol–water partition coefficient (Wildman–Crippen LogP) is 2.54. The van der Waals surface area contributed by atoms with E-state index < -0.39 is 0 Å². The van der Waals surface area contributed by atoms with E-state index in [0.717, 1.165) is 30.7 Å². The number of anilines is 1. The van der Waals surface area contributed by atoms with E-state index in [1.165, 1.54) is 11.8 Å². The van der Waals surface area contributed by atoms with E-state index in [4.69, 9.17) is 16.3 Å². The standard InChI is InChI=1S/C15H18ClN5O2S/c1-10-7-11(16)4-5-13(10)17-14(22)9-24-15-18-19-20-21(15)8-12-3-2-6-23-12/h4-5,7,12H,2-3,6,8-9H2,1H3,(H,17,22). The Kier molecular flexibility index (Phi) is 5.70. The Balaban J connectivity index is 1.53. The molecule has 1 aliphatic heterocycles. The van der Waals surface area contributed by atoms with Crippen LogP contribution in [0, 0.1) is 6.92 Å². The van der Waals surface area contributed by atoms with E-state index in [9.17, 15) is 4.79 Å². The molecule has 0 spiro atoms. The van der Waals surface area contributed by atoms with Gasteiger partial charge in [-0.25, -0.2) is 4.68 Å². The number of tetrazole rings is 1. The second-order valence-electron chi connectivity index (χ2n) is 5.57. The maximum Gasteiger partial charge on any atom is 0.234 e. The lowest BCUT2D eigenvalue weighted by atomic mass is 10.2. The molecule has 0 bridgehead atoms. The normalized spacial score (nSPS) is 17.2. The molecule has 1 fully saturated rings. The van der Waals surface area contributed by atoms with Crippen LogP contribution in [0.2, 0.25) is 5.02 Å². The van der Waals surface area contributed by atoms with E-state index in [-0.39, 0.29) is 17.8 Å². The zero-order valence-electron chi connectivity index (χ0n) is 13.2. The Morgan fingerprint density at radius 1 is 1.54 bits per heavy atom. The van der Waals surface area contributed by atoms with Crippen LogP contribution in [0.15, 0.2) is 23.4 Å². The lowest BCUT2D eigenvalue weighted by molar-refractivity contribution is -0.113. The summed E-state index contributed by atoms with van der Waals surface area (Å²) in [5.74, 6) is 0.116. The number of hydrogen-bond acceptors (Lipinski definition) is 6. The van der Waals surface area contributed by atoms with Crippen LogP contribution in [0.5, 0.6) is 0 Å². The number of hydrogen-bond donors (Lipinski definition) is 1. The number of nitrogens with zero attached hydrogens (tertiary/aromatic N) is 4. The molecule has 24 heavy (non-hydrogen) atoms. The predicted molar refractivity (Wildman–Crippen MR) is 92.3 cm³/mol. The fourth-order valence-corrected chi connectivity index (χ4v) is 3.39. The Morgan fingerprint density at radius 2 is 2.42 bits per heavy atom. The van der Waals surface area contributed by atoms with Gasteiger partial charge >= 0.3 is 0 Å². The summed E-state index contributed by atoms with van der Waals surface area (Å²) in [4.78, 5) is 12.1. The first-order valence-electron chi connectivity index (χ1n) is 7.68. The van der Waals surface area contributed by atoms with Gasteiger partial charge in [-0.15, -0.1) is 5.10 Å². The topological polar surface area (TPSA) is 81.9 Å². The SMILES string of the molecule is Cc1cc(Cl)ccc1NC(=O)CSc1nnnn1CC1CCCO1.